The molecule has 3 heteroatoms. The molecule has 8 heavy (non-hydrogen) atoms. The van der Waals surface area contributed by atoms with E-state index in [1.807, 2.05) is 0 Å². The predicted molar refractivity (Wildman–Crippen MR) is 33.9 cm³/mol. The van der Waals surface area contributed by atoms with Crippen molar-refractivity contribution in [2.24, 2.45) is 0 Å². The van der Waals surface area contributed by atoms with Crippen LogP contribution in [0, 0.1) is 0 Å². The van der Waals surface area contributed by atoms with E-state index in [1.54, 1.807) is 0 Å². The lowest BCUT2D eigenvalue weighted by Crippen LogP contribution is -1.92. The van der Waals surface area contributed by atoms with E-state index >= 15 is 0 Å². The number of sulfone groups is 1. The maximum Gasteiger partial charge on any atom is 0.194 e. The molecule has 46 valence electrons. The largest absolute Gasteiger partial charge is 0.220 e. The second-order valence-corrected chi connectivity index (χ2v) is 3.53. The second-order valence-electron chi connectivity index (χ2n) is 1.41. The van der Waals surface area contributed by atoms with Gasteiger partial charge in [-0.2, -0.15) is 0 Å². The molecular formula is C5H8O2S. The van der Waals surface area contributed by atoms with E-state index < -0.39 is 9.84 Å². The summed E-state index contributed by atoms with van der Waals surface area (Å²) in [6.07, 6.45) is 0. The van der Waals surface area contributed by atoms with Crippen LogP contribution in [-0.4, -0.2) is 8.42 Å². The minimum Gasteiger partial charge on any atom is -0.220 e. The van der Waals surface area contributed by atoms with Crippen LogP contribution in [-0.2, 0) is 9.84 Å². The molecule has 0 heterocycles. The molecule has 0 saturated heterocycles. The number of hydrogen-bond donors (Lipinski definition) is 0. The molecule has 0 spiro atoms. The lowest BCUT2D eigenvalue weighted by Gasteiger charge is -1.90. The summed E-state index contributed by atoms with van der Waals surface area (Å²) in [6, 6.07) is 0. The first-order valence-corrected chi connectivity index (χ1v) is 3.58. The third-order valence-corrected chi connectivity index (χ3v) is 2.12. The first-order chi connectivity index (χ1) is 3.50. The van der Waals surface area contributed by atoms with Gasteiger partial charge in [0.1, 0.15) is 0 Å². The van der Waals surface area contributed by atoms with Crippen LogP contribution in [0.3, 0.4) is 0 Å². The molecule has 0 unspecified atom stereocenters. The van der Waals surface area contributed by atoms with Gasteiger partial charge in [0.05, 0.1) is 0 Å². The van der Waals surface area contributed by atoms with Crippen molar-refractivity contribution in [3.05, 3.63) is 23.5 Å². The van der Waals surface area contributed by atoms with Gasteiger partial charge >= 0.3 is 0 Å². The maximum absolute atomic E-state index is 10.5. The standard InChI is InChI=1S/C5H8O2S/c1-4-8(6,7)5(2)3/h4H,1-2H2,3H3. The Morgan fingerprint density at radius 3 is 2.00 bits per heavy atom. The average Bonchev–Trinajstić information content (AvgIpc) is 1.67. The molecule has 0 atom stereocenters. The third-order valence-electron chi connectivity index (χ3n) is 0.705. The summed E-state index contributed by atoms with van der Waals surface area (Å²) in [5, 5.41) is 0.884. The van der Waals surface area contributed by atoms with Gasteiger partial charge < -0.3 is 0 Å². The molecule has 0 N–H and O–H groups in total. The second kappa shape index (κ2) is 2.13. The van der Waals surface area contributed by atoms with Crippen LogP contribution in [0.1, 0.15) is 6.92 Å². The minimum absolute atomic E-state index is 0.132. The summed E-state index contributed by atoms with van der Waals surface area (Å²) in [7, 11) is -3.17. The van der Waals surface area contributed by atoms with Crippen molar-refractivity contribution >= 4 is 9.84 Å². The zero-order valence-electron chi connectivity index (χ0n) is 4.72. The molecule has 0 aromatic rings. The molecule has 0 aromatic carbocycles. The summed E-state index contributed by atoms with van der Waals surface area (Å²) >= 11 is 0. The van der Waals surface area contributed by atoms with Crippen LogP contribution in [0.15, 0.2) is 23.5 Å². The molecule has 0 rings (SSSR count). The average molecular weight is 132 g/mol. The quantitative estimate of drug-likeness (QED) is 0.563. The van der Waals surface area contributed by atoms with Gasteiger partial charge in [-0.1, -0.05) is 13.2 Å². The third kappa shape index (κ3) is 1.50. The van der Waals surface area contributed by atoms with E-state index in [0.717, 1.165) is 5.41 Å². The van der Waals surface area contributed by atoms with Gasteiger partial charge in [0.15, 0.2) is 9.84 Å². The SMILES string of the molecule is C=CS(=O)(=O)C(=C)C. The molecule has 0 radical (unpaired) electrons. The molecule has 2 nitrogen and oxygen atoms in total. The van der Waals surface area contributed by atoms with E-state index in [-0.39, 0.29) is 4.91 Å². The van der Waals surface area contributed by atoms with Gasteiger partial charge in [-0.3, -0.25) is 0 Å². The van der Waals surface area contributed by atoms with E-state index in [4.69, 9.17) is 0 Å². The highest BCUT2D eigenvalue weighted by molar-refractivity contribution is 7.97. The van der Waals surface area contributed by atoms with E-state index in [1.165, 1.54) is 6.92 Å². The Hall–Kier alpha value is -0.570. The van der Waals surface area contributed by atoms with Gasteiger partial charge in [0, 0.05) is 10.3 Å². The van der Waals surface area contributed by atoms with E-state index in [9.17, 15) is 8.42 Å². The van der Waals surface area contributed by atoms with Crippen molar-refractivity contribution in [2.45, 2.75) is 6.92 Å². The smallest absolute Gasteiger partial charge is 0.194 e. The molecule has 0 bridgehead atoms. The van der Waals surface area contributed by atoms with Gasteiger partial charge in [-0.25, -0.2) is 8.42 Å². The number of allylic oxidation sites excluding steroid dienone is 1. The van der Waals surface area contributed by atoms with Crippen LogP contribution in [0.2, 0.25) is 0 Å². The summed E-state index contributed by atoms with van der Waals surface area (Å²) in [5.41, 5.74) is 0. The Morgan fingerprint density at radius 2 is 2.00 bits per heavy atom. The summed E-state index contributed by atoms with van der Waals surface area (Å²) < 4.78 is 21.0. The van der Waals surface area contributed by atoms with Crippen LogP contribution in [0.5, 0.6) is 0 Å². The van der Waals surface area contributed by atoms with Crippen LogP contribution in [0.4, 0.5) is 0 Å². The Bertz CT molecular complexity index is 198. The molecule has 0 saturated carbocycles. The molecular weight excluding hydrogens is 124 g/mol. The lowest BCUT2D eigenvalue weighted by molar-refractivity contribution is 0.610. The number of rotatable bonds is 2. The van der Waals surface area contributed by atoms with Crippen molar-refractivity contribution < 1.29 is 8.42 Å². The van der Waals surface area contributed by atoms with Crippen LogP contribution in [0.25, 0.3) is 0 Å². The first-order valence-electron chi connectivity index (χ1n) is 2.03. The summed E-state index contributed by atoms with van der Waals surface area (Å²) in [5.74, 6) is 0. The van der Waals surface area contributed by atoms with Crippen molar-refractivity contribution in [2.75, 3.05) is 0 Å². The fraction of sp³-hybridized carbons (Fsp3) is 0.200. The zero-order valence-corrected chi connectivity index (χ0v) is 5.53. The summed E-state index contributed by atoms with van der Waals surface area (Å²) in [4.78, 5) is 0.132. The lowest BCUT2D eigenvalue weighted by atomic mass is 10.8. The zero-order chi connectivity index (χ0) is 6.78. The maximum atomic E-state index is 10.5. The summed E-state index contributed by atoms with van der Waals surface area (Å²) in [6.45, 7) is 7.77. The van der Waals surface area contributed by atoms with Crippen molar-refractivity contribution in [1.29, 1.82) is 0 Å². The number of hydrogen-bond acceptors (Lipinski definition) is 2. The first kappa shape index (κ1) is 7.43. The molecule has 0 aliphatic heterocycles. The minimum atomic E-state index is -3.17. The normalized spacial score (nSPS) is 10.6. The van der Waals surface area contributed by atoms with Crippen molar-refractivity contribution in [3.63, 3.8) is 0 Å². The highest BCUT2D eigenvalue weighted by atomic mass is 32.2. The topological polar surface area (TPSA) is 34.1 Å². The fourth-order valence-corrected chi connectivity index (χ4v) is 0.427. The highest BCUT2D eigenvalue weighted by Crippen LogP contribution is 2.01. The Labute approximate surface area is 49.4 Å². The Morgan fingerprint density at radius 1 is 1.62 bits per heavy atom. The van der Waals surface area contributed by atoms with Crippen LogP contribution < -0.4 is 0 Å². The molecule has 0 amide bonds. The highest BCUT2D eigenvalue weighted by Gasteiger charge is 2.02. The van der Waals surface area contributed by atoms with Gasteiger partial charge in [0.2, 0.25) is 0 Å². The monoisotopic (exact) mass is 132 g/mol. The van der Waals surface area contributed by atoms with Gasteiger partial charge in [0.25, 0.3) is 0 Å². The van der Waals surface area contributed by atoms with Gasteiger partial charge in [-0.05, 0) is 6.92 Å². The molecule has 0 fully saturated rings. The van der Waals surface area contributed by atoms with Crippen molar-refractivity contribution in [3.8, 4) is 0 Å². The fourth-order valence-electron chi connectivity index (χ4n) is 0.142. The molecule has 0 aromatic heterocycles. The Kier molecular flexibility index (Phi) is 1.98. The van der Waals surface area contributed by atoms with Crippen LogP contribution >= 0.6 is 0 Å². The van der Waals surface area contributed by atoms with Gasteiger partial charge in [-0.15, -0.1) is 0 Å². The molecule has 0 aliphatic carbocycles. The predicted octanol–water partition coefficient (Wildman–Crippen LogP) is 1.08. The van der Waals surface area contributed by atoms with E-state index in [0.29, 0.717) is 0 Å². The molecule has 0 aliphatic rings. The van der Waals surface area contributed by atoms with E-state index in [2.05, 4.69) is 13.2 Å². The Balaban J connectivity index is 4.68. The van der Waals surface area contributed by atoms with Crippen molar-refractivity contribution in [1.82, 2.24) is 0 Å².